The van der Waals surface area contributed by atoms with E-state index in [1.807, 2.05) is 11.7 Å². The number of aryl methyl sites for hydroxylation is 1. The fourth-order valence-electron chi connectivity index (χ4n) is 4.41. The van der Waals surface area contributed by atoms with Crippen LogP contribution < -0.4 is 0 Å². The van der Waals surface area contributed by atoms with Crippen LogP contribution in [0.5, 0.6) is 0 Å². The van der Waals surface area contributed by atoms with Crippen molar-refractivity contribution in [1.82, 2.24) is 14.7 Å². The molecule has 4 nitrogen and oxygen atoms in total. The molecule has 1 heterocycles. The lowest BCUT2D eigenvalue weighted by Crippen LogP contribution is -2.39. The highest BCUT2D eigenvalue weighted by Crippen LogP contribution is 2.30. The summed E-state index contributed by atoms with van der Waals surface area (Å²) in [6.07, 6.45) is 6.59. The highest BCUT2D eigenvalue weighted by molar-refractivity contribution is 5.94. The first kappa shape index (κ1) is 18.1. The molecule has 0 bridgehead atoms. The van der Waals surface area contributed by atoms with Crippen molar-refractivity contribution in [3.63, 3.8) is 0 Å². The van der Waals surface area contributed by atoms with Crippen molar-refractivity contribution in [1.29, 1.82) is 0 Å². The molecule has 1 amide bonds. The van der Waals surface area contributed by atoms with Crippen LogP contribution in [-0.4, -0.2) is 26.6 Å². The molecule has 1 fully saturated rings. The molecule has 0 saturated heterocycles. The fourth-order valence-corrected chi connectivity index (χ4v) is 4.41. The Morgan fingerprint density at radius 3 is 2.63 bits per heavy atom. The monoisotopic (exact) mass is 377 g/mol. The zero-order valence-corrected chi connectivity index (χ0v) is 15.3. The summed E-state index contributed by atoms with van der Waals surface area (Å²) in [6, 6.07) is 1.79. The third kappa shape index (κ3) is 3.13. The summed E-state index contributed by atoms with van der Waals surface area (Å²) in [5.41, 5.74) is 2.75. The van der Waals surface area contributed by atoms with Crippen LogP contribution in [0, 0.1) is 17.5 Å². The molecule has 0 spiro atoms. The molecule has 0 N–H and O–H groups in total. The van der Waals surface area contributed by atoms with Crippen LogP contribution in [0.2, 0.25) is 0 Å². The standard InChI is InChI=1S/C20H22F3N3O/c1-25-17-8-4-7-13(17)16(24-25)11-26(12-5-2-3-6-12)20(27)14-9-10-15(21)19(23)18(14)22/h9-10,12H,2-8,11H2,1H3. The third-order valence-corrected chi connectivity index (χ3v) is 5.81. The summed E-state index contributed by atoms with van der Waals surface area (Å²) in [5, 5.41) is 4.57. The van der Waals surface area contributed by atoms with Crippen molar-refractivity contribution in [2.24, 2.45) is 7.05 Å². The van der Waals surface area contributed by atoms with E-state index in [-0.39, 0.29) is 12.6 Å². The van der Waals surface area contributed by atoms with E-state index in [0.29, 0.717) is 0 Å². The molecule has 2 aliphatic carbocycles. The van der Waals surface area contributed by atoms with Crippen LogP contribution in [0.4, 0.5) is 13.2 Å². The Hall–Kier alpha value is -2.31. The topological polar surface area (TPSA) is 38.1 Å². The molecule has 27 heavy (non-hydrogen) atoms. The quantitative estimate of drug-likeness (QED) is 0.758. The lowest BCUT2D eigenvalue weighted by molar-refractivity contribution is 0.0654. The molecule has 144 valence electrons. The maximum Gasteiger partial charge on any atom is 0.257 e. The third-order valence-electron chi connectivity index (χ3n) is 5.81. The van der Waals surface area contributed by atoms with Gasteiger partial charge >= 0.3 is 0 Å². The summed E-state index contributed by atoms with van der Waals surface area (Å²) >= 11 is 0. The van der Waals surface area contributed by atoms with E-state index in [2.05, 4.69) is 5.10 Å². The van der Waals surface area contributed by atoms with E-state index in [1.165, 1.54) is 11.3 Å². The Bertz CT molecular complexity index is 887. The molecule has 1 aromatic heterocycles. The van der Waals surface area contributed by atoms with Crippen molar-refractivity contribution in [3.05, 3.63) is 52.1 Å². The molecule has 1 aromatic carbocycles. The van der Waals surface area contributed by atoms with Crippen LogP contribution in [0.25, 0.3) is 0 Å². The molecule has 2 aromatic rings. The summed E-state index contributed by atoms with van der Waals surface area (Å²) in [6.45, 7) is 0.269. The number of halogens is 3. The van der Waals surface area contributed by atoms with Gasteiger partial charge in [0.2, 0.25) is 0 Å². The van der Waals surface area contributed by atoms with Gasteiger partial charge in [-0.25, -0.2) is 13.2 Å². The molecule has 0 radical (unpaired) electrons. The lowest BCUT2D eigenvalue weighted by atomic mass is 10.1. The maximum absolute atomic E-state index is 14.2. The molecule has 4 rings (SSSR count). The van der Waals surface area contributed by atoms with Gasteiger partial charge in [0.1, 0.15) is 0 Å². The van der Waals surface area contributed by atoms with Crippen molar-refractivity contribution in [2.75, 3.05) is 0 Å². The Balaban J connectivity index is 1.69. The Morgan fingerprint density at radius 1 is 1.15 bits per heavy atom. The largest absolute Gasteiger partial charge is 0.330 e. The van der Waals surface area contributed by atoms with E-state index < -0.39 is 28.9 Å². The van der Waals surface area contributed by atoms with Crippen LogP contribution >= 0.6 is 0 Å². The summed E-state index contributed by atoms with van der Waals surface area (Å²) in [7, 11) is 1.89. The molecule has 7 heteroatoms. The van der Waals surface area contributed by atoms with Crippen molar-refractivity contribution < 1.29 is 18.0 Å². The van der Waals surface area contributed by atoms with Gasteiger partial charge in [-0.2, -0.15) is 5.10 Å². The number of carbonyl (C=O) groups is 1. The number of carbonyl (C=O) groups excluding carboxylic acids is 1. The molecule has 1 saturated carbocycles. The van der Waals surface area contributed by atoms with Gasteiger partial charge in [0, 0.05) is 18.8 Å². The number of amides is 1. The van der Waals surface area contributed by atoms with Crippen molar-refractivity contribution in [3.8, 4) is 0 Å². The minimum Gasteiger partial charge on any atom is -0.330 e. The second-order valence-corrected chi connectivity index (χ2v) is 7.44. The number of nitrogens with zero attached hydrogens (tertiary/aromatic N) is 3. The van der Waals surface area contributed by atoms with Crippen LogP contribution in [0.3, 0.4) is 0 Å². The first-order valence-corrected chi connectivity index (χ1v) is 9.45. The van der Waals surface area contributed by atoms with Gasteiger partial charge in [-0.1, -0.05) is 12.8 Å². The van der Waals surface area contributed by atoms with Gasteiger partial charge < -0.3 is 4.90 Å². The van der Waals surface area contributed by atoms with Gasteiger partial charge in [-0.05, 0) is 49.8 Å². The second kappa shape index (κ2) is 7.02. The Labute approximate surface area is 156 Å². The van der Waals surface area contributed by atoms with Gasteiger partial charge in [-0.3, -0.25) is 9.48 Å². The molecular formula is C20H22F3N3O. The minimum absolute atomic E-state index is 0.0379. The number of benzene rings is 1. The highest BCUT2D eigenvalue weighted by Gasteiger charge is 2.32. The number of aromatic nitrogens is 2. The maximum atomic E-state index is 14.2. The van der Waals surface area contributed by atoms with E-state index in [1.54, 1.807) is 4.90 Å². The average Bonchev–Trinajstić information content (AvgIpc) is 3.38. The van der Waals surface area contributed by atoms with Gasteiger partial charge in [-0.15, -0.1) is 0 Å². The van der Waals surface area contributed by atoms with Crippen LogP contribution in [-0.2, 0) is 26.4 Å². The molecule has 0 atom stereocenters. The summed E-state index contributed by atoms with van der Waals surface area (Å²) < 4.78 is 43.0. The van der Waals surface area contributed by atoms with E-state index in [4.69, 9.17) is 0 Å². The SMILES string of the molecule is Cn1nc(CN(C(=O)c2ccc(F)c(F)c2F)C2CCCC2)c2c1CCC2. The molecule has 2 aliphatic rings. The van der Waals surface area contributed by atoms with Gasteiger partial charge in [0.25, 0.3) is 5.91 Å². The zero-order chi connectivity index (χ0) is 19.1. The minimum atomic E-state index is -1.61. The van der Waals surface area contributed by atoms with E-state index in [0.717, 1.165) is 62.8 Å². The predicted octanol–water partition coefficient (Wildman–Crippen LogP) is 3.91. The first-order chi connectivity index (χ1) is 13.0. The molecule has 0 unspecified atom stereocenters. The van der Waals surface area contributed by atoms with Crippen LogP contribution in [0.15, 0.2) is 12.1 Å². The average molecular weight is 377 g/mol. The predicted molar refractivity (Wildman–Crippen MR) is 93.7 cm³/mol. The highest BCUT2D eigenvalue weighted by atomic mass is 19.2. The number of rotatable bonds is 4. The Kier molecular flexibility index (Phi) is 4.70. The smallest absolute Gasteiger partial charge is 0.257 e. The van der Waals surface area contributed by atoms with E-state index in [9.17, 15) is 18.0 Å². The zero-order valence-electron chi connectivity index (χ0n) is 15.3. The van der Waals surface area contributed by atoms with Gasteiger partial charge in [0.15, 0.2) is 17.5 Å². The summed E-state index contributed by atoms with van der Waals surface area (Å²) in [4.78, 5) is 14.7. The lowest BCUT2D eigenvalue weighted by Gasteiger charge is -2.29. The number of hydrogen-bond donors (Lipinski definition) is 0. The second-order valence-electron chi connectivity index (χ2n) is 7.44. The first-order valence-electron chi connectivity index (χ1n) is 9.45. The van der Waals surface area contributed by atoms with Crippen molar-refractivity contribution >= 4 is 5.91 Å². The number of fused-ring (bicyclic) bond motifs is 1. The molecular weight excluding hydrogens is 355 g/mol. The molecule has 0 aliphatic heterocycles. The fraction of sp³-hybridized carbons (Fsp3) is 0.500. The van der Waals surface area contributed by atoms with Crippen LogP contribution in [0.1, 0.15) is 59.4 Å². The number of hydrogen-bond acceptors (Lipinski definition) is 2. The normalized spacial score (nSPS) is 16.7. The van der Waals surface area contributed by atoms with Gasteiger partial charge in [0.05, 0.1) is 17.8 Å². The van der Waals surface area contributed by atoms with E-state index >= 15 is 0 Å². The Morgan fingerprint density at radius 2 is 1.89 bits per heavy atom. The van der Waals surface area contributed by atoms with Crippen molar-refractivity contribution in [2.45, 2.75) is 57.5 Å². The summed E-state index contributed by atoms with van der Waals surface area (Å²) in [5.74, 6) is -4.92.